The van der Waals surface area contributed by atoms with Gasteiger partial charge in [-0.3, -0.25) is 9.59 Å². The summed E-state index contributed by atoms with van der Waals surface area (Å²) in [4.78, 5) is 34.3. The number of benzene rings is 2. The Bertz CT molecular complexity index is 1150. The monoisotopic (exact) mass is 401 g/mol. The molecule has 0 aliphatic rings. The van der Waals surface area contributed by atoms with E-state index in [0.717, 1.165) is 32.2 Å². The van der Waals surface area contributed by atoms with Crippen LogP contribution in [0.2, 0.25) is 0 Å². The number of carbonyl (C=O) groups is 2. The van der Waals surface area contributed by atoms with E-state index in [4.69, 9.17) is 0 Å². The SMILES string of the molecule is Cc1cc(-c2nc3cccnc3s2)ccc1NC(=O)CCC(=O)c1ccccc1. The molecule has 2 aromatic heterocycles. The van der Waals surface area contributed by atoms with E-state index in [-0.39, 0.29) is 24.5 Å². The van der Waals surface area contributed by atoms with Gasteiger partial charge in [0.25, 0.3) is 0 Å². The molecule has 0 aliphatic carbocycles. The molecule has 4 aromatic rings. The van der Waals surface area contributed by atoms with Crippen LogP contribution in [0.25, 0.3) is 20.9 Å². The molecule has 0 unspecified atom stereocenters. The minimum absolute atomic E-state index is 0.0303. The number of nitrogens with one attached hydrogen (secondary N) is 1. The number of aryl methyl sites for hydroxylation is 1. The number of ketones is 1. The van der Waals surface area contributed by atoms with Crippen LogP contribution < -0.4 is 5.32 Å². The first kappa shape index (κ1) is 19.0. The molecule has 5 nitrogen and oxygen atoms in total. The van der Waals surface area contributed by atoms with Gasteiger partial charge in [-0.25, -0.2) is 9.97 Å². The third-order valence-electron chi connectivity index (χ3n) is 4.59. The van der Waals surface area contributed by atoms with Gasteiger partial charge in [-0.1, -0.05) is 41.7 Å². The Labute approximate surface area is 172 Å². The molecular formula is C23H19N3O2S. The highest BCUT2D eigenvalue weighted by atomic mass is 32.1. The molecule has 2 aromatic carbocycles. The van der Waals surface area contributed by atoms with Crippen molar-refractivity contribution in [2.75, 3.05) is 5.32 Å². The number of Topliss-reactive ketones (excluding diaryl/α,β-unsaturated/α-hetero) is 1. The van der Waals surface area contributed by atoms with E-state index in [1.807, 2.05) is 55.5 Å². The summed E-state index contributed by atoms with van der Waals surface area (Å²) in [5.74, 6) is -0.202. The predicted octanol–water partition coefficient (Wildman–Crippen LogP) is 5.27. The molecule has 1 amide bonds. The van der Waals surface area contributed by atoms with Gasteiger partial charge in [0, 0.05) is 35.9 Å². The average molecular weight is 401 g/mol. The predicted molar refractivity (Wildman–Crippen MR) is 116 cm³/mol. The van der Waals surface area contributed by atoms with Crippen LogP contribution in [0.15, 0.2) is 66.9 Å². The second-order valence-electron chi connectivity index (χ2n) is 6.71. The minimum atomic E-state index is -0.172. The summed E-state index contributed by atoms with van der Waals surface area (Å²) in [5.41, 5.74) is 4.18. The second kappa shape index (κ2) is 8.32. The van der Waals surface area contributed by atoms with E-state index < -0.39 is 0 Å². The highest BCUT2D eigenvalue weighted by molar-refractivity contribution is 7.21. The molecule has 0 radical (unpaired) electrons. The number of rotatable bonds is 6. The summed E-state index contributed by atoms with van der Waals surface area (Å²) in [5, 5.41) is 3.80. The Balaban J connectivity index is 1.41. The van der Waals surface area contributed by atoms with Crippen molar-refractivity contribution >= 4 is 39.1 Å². The van der Waals surface area contributed by atoms with Gasteiger partial charge in [0.1, 0.15) is 15.4 Å². The molecule has 6 heteroatoms. The first-order valence-corrected chi connectivity index (χ1v) is 10.1. The number of aromatic nitrogens is 2. The highest BCUT2D eigenvalue weighted by Crippen LogP contribution is 2.31. The molecule has 1 N–H and O–H groups in total. The van der Waals surface area contributed by atoms with Gasteiger partial charge in [0.05, 0.1) is 0 Å². The lowest BCUT2D eigenvalue weighted by Gasteiger charge is -2.09. The van der Waals surface area contributed by atoms with Gasteiger partial charge in [-0.2, -0.15) is 0 Å². The maximum atomic E-state index is 12.3. The van der Waals surface area contributed by atoms with Crippen LogP contribution in [0.1, 0.15) is 28.8 Å². The third kappa shape index (κ3) is 4.38. The number of nitrogens with zero attached hydrogens (tertiary/aromatic N) is 2. The van der Waals surface area contributed by atoms with Crippen LogP contribution in [0.4, 0.5) is 5.69 Å². The van der Waals surface area contributed by atoms with Gasteiger partial charge in [0.15, 0.2) is 5.78 Å². The Kier molecular flexibility index (Phi) is 5.44. The number of carbonyl (C=O) groups excluding carboxylic acids is 2. The third-order valence-corrected chi connectivity index (χ3v) is 5.62. The zero-order chi connectivity index (χ0) is 20.2. The molecule has 0 saturated carbocycles. The number of thiazole rings is 1. The van der Waals surface area contributed by atoms with Crippen molar-refractivity contribution in [2.45, 2.75) is 19.8 Å². The quantitative estimate of drug-likeness (QED) is 0.447. The van der Waals surface area contributed by atoms with E-state index in [9.17, 15) is 9.59 Å². The maximum Gasteiger partial charge on any atom is 0.224 e. The zero-order valence-electron chi connectivity index (χ0n) is 15.9. The van der Waals surface area contributed by atoms with Gasteiger partial charge in [-0.05, 0) is 42.8 Å². The number of hydrogen-bond acceptors (Lipinski definition) is 5. The average Bonchev–Trinajstić information content (AvgIpc) is 3.18. The summed E-state index contributed by atoms with van der Waals surface area (Å²) < 4.78 is 0. The van der Waals surface area contributed by atoms with Crippen molar-refractivity contribution in [2.24, 2.45) is 0 Å². The first-order valence-electron chi connectivity index (χ1n) is 9.31. The van der Waals surface area contributed by atoms with E-state index in [1.165, 1.54) is 0 Å². The summed E-state index contributed by atoms with van der Waals surface area (Å²) in [6.45, 7) is 1.94. The second-order valence-corrected chi connectivity index (χ2v) is 7.69. The lowest BCUT2D eigenvalue weighted by Crippen LogP contribution is -2.14. The number of hydrogen-bond donors (Lipinski definition) is 1. The standard InChI is InChI=1S/C23H19N3O2S/c1-15-14-17(22-26-19-8-5-13-24-23(19)29-22)9-10-18(15)25-21(28)12-11-20(27)16-6-3-2-4-7-16/h2-10,13-14H,11-12H2,1H3,(H,25,28). The van der Waals surface area contributed by atoms with Crippen molar-refractivity contribution in [3.05, 3.63) is 78.0 Å². The Morgan fingerprint density at radius 1 is 1.00 bits per heavy atom. The number of fused-ring (bicyclic) bond motifs is 1. The van der Waals surface area contributed by atoms with Gasteiger partial charge in [0.2, 0.25) is 5.91 Å². The molecule has 0 atom stereocenters. The Morgan fingerprint density at radius 3 is 2.59 bits per heavy atom. The fraction of sp³-hybridized carbons (Fsp3) is 0.130. The van der Waals surface area contributed by atoms with Gasteiger partial charge in [-0.15, -0.1) is 0 Å². The molecule has 0 bridgehead atoms. The normalized spacial score (nSPS) is 10.8. The lowest BCUT2D eigenvalue weighted by molar-refractivity contribution is -0.116. The molecule has 4 rings (SSSR count). The molecular weight excluding hydrogens is 382 g/mol. The van der Waals surface area contributed by atoms with Gasteiger partial charge < -0.3 is 5.32 Å². The van der Waals surface area contributed by atoms with Crippen LogP contribution in [0.3, 0.4) is 0 Å². The van der Waals surface area contributed by atoms with E-state index in [1.54, 1.807) is 29.7 Å². The lowest BCUT2D eigenvalue weighted by atomic mass is 10.1. The van der Waals surface area contributed by atoms with Crippen LogP contribution in [0.5, 0.6) is 0 Å². The summed E-state index contributed by atoms with van der Waals surface area (Å²) in [7, 11) is 0. The van der Waals surface area contributed by atoms with Crippen LogP contribution in [0, 0.1) is 6.92 Å². The largest absolute Gasteiger partial charge is 0.326 e. The molecule has 29 heavy (non-hydrogen) atoms. The zero-order valence-corrected chi connectivity index (χ0v) is 16.7. The number of pyridine rings is 1. The van der Waals surface area contributed by atoms with Crippen molar-refractivity contribution < 1.29 is 9.59 Å². The smallest absolute Gasteiger partial charge is 0.224 e. The highest BCUT2D eigenvalue weighted by Gasteiger charge is 2.12. The van der Waals surface area contributed by atoms with Crippen molar-refractivity contribution in [3.8, 4) is 10.6 Å². The fourth-order valence-corrected chi connectivity index (χ4v) is 3.94. The molecule has 0 fully saturated rings. The Morgan fingerprint density at radius 2 is 1.83 bits per heavy atom. The van der Waals surface area contributed by atoms with Crippen molar-refractivity contribution in [3.63, 3.8) is 0 Å². The minimum Gasteiger partial charge on any atom is -0.326 e. The van der Waals surface area contributed by atoms with Gasteiger partial charge >= 0.3 is 0 Å². The van der Waals surface area contributed by atoms with Crippen LogP contribution >= 0.6 is 11.3 Å². The van der Waals surface area contributed by atoms with E-state index in [2.05, 4.69) is 15.3 Å². The molecule has 0 saturated heterocycles. The molecule has 0 aliphatic heterocycles. The molecule has 144 valence electrons. The molecule has 2 heterocycles. The number of amides is 1. The van der Waals surface area contributed by atoms with Crippen LogP contribution in [-0.2, 0) is 4.79 Å². The summed E-state index contributed by atoms with van der Waals surface area (Å²) in [6, 6.07) is 18.7. The fourth-order valence-electron chi connectivity index (χ4n) is 3.04. The van der Waals surface area contributed by atoms with E-state index >= 15 is 0 Å². The Hall–Kier alpha value is -3.38. The topological polar surface area (TPSA) is 72.0 Å². The van der Waals surface area contributed by atoms with Crippen molar-refractivity contribution in [1.29, 1.82) is 0 Å². The van der Waals surface area contributed by atoms with Crippen molar-refractivity contribution in [1.82, 2.24) is 9.97 Å². The number of anilines is 1. The molecule has 0 spiro atoms. The summed E-state index contributed by atoms with van der Waals surface area (Å²) in [6.07, 6.45) is 2.10. The van der Waals surface area contributed by atoms with Crippen LogP contribution in [-0.4, -0.2) is 21.7 Å². The summed E-state index contributed by atoms with van der Waals surface area (Å²) >= 11 is 1.54. The van der Waals surface area contributed by atoms with E-state index in [0.29, 0.717) is 5.56 Å². The first-order chi connectivity index (χ1) is 14.1. The maximum absolute atomic E-state index is 12.3.